The van der Waals surface area contributed by atoms with Gasteiger partial charge < -0.3 is 9.52 Å². The van der Waals surface area contributed by atoms with Crippen LogP contribution in [-0.2, 0) is 24.1 Å². The van der Waals surface area contributed by atoms with Gasteiger partial charge >= 0.3 is 5.97 Å². The van der Waals surface area contributed by atoms with Gasteiger partial charge in [-0.05, 0) is 71.3 Å². The molecule has 1 aliphatic rings. The van der Waals surface area contributed by atoms with Gasteiger partial charge in [0.25, 0.3) is 0 Å². The van der Waals surface area contributed by atoms with Crippen LogP contribution in [0.5, 0.6) is 0 Å². The molecular formula is C15H15BrO3. The van der Waals surface area contributed by atoms with E-state index in [2.05, 4.69) is 28.9 Å². The minimum atomic E-state index is -0.834. The Bertz CT molecular complexity index is 670. The molecule has 1 N–H and O–H groups in total. The number of aliphatic carboxylic acids is 1. The summed E-state index contributed by atoms with van der Waals surface area (Å²) in [7, 11) is 0. The zero-order valence-corrected chi connectivity index (χ0v) is 12.3. The molecule has 0 bridgehead atoms. The third kappa shape index (κ3) is 2.08. The normalized spacial score (nSPS) is 14.6. The van der Waals surface area contributed by atoms with E-state index in [-0.39, 0.29) is 6.42 Å². The molecule has 0 saturated heterocycles. The molecule has 2 aromatic rings. The van der Waals surface area contributed by atoms with Gasteiger partial charge in [-0.25, -0.2) is 0 Å². The van der Waals surface area contributed by atoms with Gasteiger partial charge in [0.15, 0.2) is 4.67 Å². The summed E-state index contributed by atoms with van der Waals surface area (Å²) in [5.74, 6) is -0.834. The van der Waals surface area contributed by atoms with E-state index < -0.39 is 5.97 Å². The zero-order chi connectivity index (χ0) is 13.6. The molecule has 0 atom stereocenters. The van der Waals surface area contributed by atoms with Crippen LogP contribution in [0.3, 0.4) is 0 Å². The molecule has 0 aliphatic heterocycles. The summed E-state index contributed by atoms with van der Waals surface area (Å²) in [5.41, 5.74) is 5.50. The molecular weight excluding hydrogens is 308 g/mol. The molecule has 0 amide bonds. The maximum atomic E-state index is 11.0. The van der Waals surface area contributed by atoms with Gasteiger partial charge in [0, 0.05) is 10.9 Å². The molecule has 3 rings (SSSR count). The fourth-order valence-corrected chi connectivity index (χ4v) is 3.54. The number of carboxylic acids is 1. The summed E-state index contributed by atoms with van der Waals surface area (Å²) < 4.78 is 6.30. The number of furan rings is 1. The van der Waals surface area contributed by atoms with Crippen molar-refractivity contribution in [1.29, 1.82) is 0 Å². The second-order valence-electron chi connectivity index (χ2n) is 5.15. The van der Waals surface area contributed by atoms with E-state index >= 15 is 0 Å². The highest BCUT2D eigenvalue weighted by atomic mass is 79.9. The Hall–Kier alpha value is -1.29. The zero-order valence-electron chi connectivity index (χ0n) is 10.8. The Labute approximate surface area is 119 Å². The van der Waals surface area contributed by atoms with Crippen molar-refractivity contribution in [3.63, 3.8) is 0 Å². The summed E-state index contributed by atoms with van der Waals surface area (Å²) in [6.07, 6.45) is 4.62. The first-order chi connectivity index (χ1) is 9.08. The number of aryl methyl sites for hydroxylation is 2. The third-order valence-electron chi connectivity index (χ3n) is 3.95. The van der Waals surface area contributed by atoms with E-state index in [1.54, 1.807) is 0 Å². The average molecular weight is 323 g/mol. The van der Waals surface area contributed by atoms with Gasteiger partial charge in [-0.3, -0.25) is 4.79 Å². The lowest BCUT2D eigenvalue weighted by Crippen LogP contribution is -2.05. The van der Waals surface area contributed by atoms with E-state index in [9.17, 15) is 4.79 Å². The summed E-state index contributed by atoms with van der Waals surface area (Å²) >= 11 is 3.35. The van der Waals surface area contributed by atoms with Crippen molar-refractivity contribution >= 4 is 32.9 Å². The molecule has 1 aliphatic carbocycles. The van der Waals surface area contributed by atoms with Crippen LogP contribution in [0.2, 0.25) is 0 Å². The molecule has 0 fully saturated rings. The van der Waals surface area contributed by atoms with Crippen molar-refractivity contribution < 1.29 is 14.3 Å². The molecule has 4 heteroatoms. The number of carbonyl (C=O) groups is 1. The van der Waals surface area contributed by atoms with Crippen LogP contribution < -0.4 is 0 Å². The SMILES string of the molecule is Cc1c2c(cc3c(CC(=O)O)c(Br)oc13)CCCC2. The number of rotatable bonds is 2. The molecule has 3 nitrogen and oxygen atoms in total. The molecule has 19 heavy (non-hydrogen) atoms. The van der Waals surface area contributed by atoms with E-state index in [0.29, 0.717) is 4.67 Å². The lowest BCUT2D eigenvalue weighted by molar-refractivity contribution is -0.136. The van der Waals surface area contributed by atoms with Gasteiger partial charge in [0.1, 0.15) is 5.58 Å². The molecule has 0 unspecified atom stereocenters. The first kappa shape index (κ1) is 12.7. The minimum absolute atomic E-state index is 0.00813. The van der Waals surface area contributed by atoms with E-state index in [1.165, 1.54) is 29.5 Å². The standard InChI is InChI=1S/C15H15BrO3/c1-8-10-5-3-2-4-9(10)6-11-12(7-13(17)18)15(16)19-14(8)11/h6H,2-5,7H2,1H3,(H,17,18). The number of benzene rings is 1. The molecule has 100 valence electrons. The highest BCUT2D eigenvalue weighted by molar-refractivity contribution is 9.10. The maximum absolute atomic E-state index is 11.0. The fourth-order valence-electron chi connectivity index (χ4n) is 3.02. The first-order valence-electron chi connectivity index (χ1n) is 6.52. The number of carboxylic acid groups (broad SMARTS) is 1. The monoisotopic (exact) mass is 322 g/mol. The largest absolute Gasteiger partial charge is 0.481 e. The second-order valence-corrected chi connectivity index (χ2v) is 5.87. The predicted molar refractivity (Wildman–Crippen MR) is 76.6 cm³/mol. The quantitative estimate of drug-likeness (QED) is 0.908. The van der Waals surface area contributed by atoms with Crippen LogP contribution in [0, 0.1) is 6.92 Å². The van der Waals surface area contributed by atoms with Crippen LogP contribution in [0.1, 0.15) is 35.1 Å². The van der Waals surface area contributed by atoms with Crippen LogP contribution >= 0.6 is 15.9 Å². The first-order valence-corrected chi connectivity index (χ1v) is 7.31. The summed E-state index contributed by atoms with van der Waals surface area (Å²) in [5, 5.41) is 9.97. The molecule has 0 spiro atoms. The van der Waals surface area contributed by atoms with E-state index in [4.69, 9.17) is 9.52 Å². The molecule has 1 heterocycles. The van der Waals surface area contributed by atoms with Crippen molar-refractivity contribution in [2.24, 2.45) is 0 Å². The number of fused-ring (bicyclic) bond motifs is 2. The van der Waals surface area contributed by atoms with Crippen LogP contribution in [0.15, 0.2) is 15.2 Å². The van der Waals surface area contributed by atoms with Crippen molar-refractivity contribution in [2.45, 2.75) is 39.0 Å². The number of hydrogen-bond acceptors (Lipinski definition) is 2. The van der Waals surface area contributed by atoms with Crippen molar-refractivity contribution in [3.05, 3.63) is 33.0 Å². The Balaban J connectivity index is 2.26. The highest BCUT2D eigenvalue weighted by Crippen LogP contribution is 2.37. The third-order valence-corrected chi connectivity index (χ3v) is 4.59. The lowest BCUT2D eigenvalue weighted by atomic mass is 9.87. The van der Waals surface area contributed by atoms with Crippen LogP contribution in [0.4, 0.5) is 0 Å². The van der Waals surface area contributed by atoms with E-state index in [0.717, 1.165) is 29.4 Å². The summed E-state index contributed by atoms with van der Waals surface area (Å²) in [6, 6.07) is 2.13. The van der Waals surface area contributed by atoms with Crippen LogP contribution in [0.25, 0.3) is 11.0 Å². The van der Waals surface area contributed by atoms with Gasteiger partial charge in [-0.1, -0.05) is 0 Å². The topological polar surface area (TPSA) is 50.4 Å². The predicted octanol–water partition coefficient (Wildman–Crippen LogP) is 4.01. The minimum Gasteiger partial charge on any atom is -0.481 e. The smallest absolute Gasteiger partial charge is 0.308 e. The lowest BCUT2D eigenvalue weighted by Gasteiger charge is -2.18. The van der Waals surface area contributed by atoms with Gasteiger partial charge in [0.05, 0.1) is 6.42 Å². The van der Waals surface area contributed by atoms with Gasteiger partial charge in [-0.2, -0.15) is 0 Å². The van der Waals surface area contributed by atoms with E-state index in [1.807, 2.05) is 0 Å². The Morgan fingerprint density at radius 3 is 2.89 bits per heavy atom. The van der Waals surface area contributed by atoms with Gasteiger partial charge in [0.2, 0.25) is 0 Å². The molecule has 1 aromatic heterocycles. The number of hydrogen-bond donors (Lipinski definition) is 1. The van der Waals surface area contributed by atoms with Crippen molar-refractivity contribution in [1.82, 2.24) is 0 Å². The molecule has 0 saturated carbocycles. The van der Waals surface area contributed by atoms with Gasteiger partial charge in [-0.15, -0.1) is 0 Å². The Kier molecular flexibility index (Phi) is 3.13. The van der Waals surface area contributed by atoms with Crippen molar-refractivity contribution in [3.8, 4) is 0 Å². The average Bonchev–Trinajstić information content (AvgIpc) is 2.67. The summed E-state index contributed by atoms with van der Waals surface area (Å²) in [4.78, 5) is 11.0. The highest BCUT2D eigenvalue weighted by Gasteiger charge is 2.21. The molecule has 0 radical (unpaired) electrons. The number of halogens is 1. The van der Waals surface area contributed by atoms with Crippen LogP contribution in [-0.4, -0.2) is 11.1 Å². The Morgan fingerprint density at radius 2 is 2.16 bits per heavy atom. The van der Waals surface area contributed by atoms with Crippen molar-refractivity contribution in [2.75, 3.05) is 0 Å². The second kappa shape index (κ2) is 4.67. The fraction of sp³-hybridized carbons (Fsp3) is 0.400. The molecule has 1 aromatic carbocycles. The summed E-state index contributed by atoms with van der Waals surface area (Å²) in [6.45, 7) is 2.08. The Morgan fingerprint density at radius 1 is 1.42 bits per heavy atom. The maximum Gasteiger partial charge on any atom is 0.308 e.